The number of carbonyl (C=O) groups excluding carboxylic acids is 1. The highest BCUT2D eigenvalue weighted by Gasteiger charge is 2.58. The minimum atomic E-state index is -3.98. The maximum absolute atomic E-state index is 14.1. The predicted octanol–water partition coefficient (Wildman–Crippen LogP) is 3.36. The third-order valence-corrected chi connectivity index (χ3v) is 12.7. The van der Waals surface area contributed by atoms with E-state index in [0.29, 0.717) is 36.9 Å². The van der Waals surface area contributed by atoms with E-state index >= 15 is 0 Å². The van der Waals surface area contributed by atoms with Crippen LogP contribution in [-0.4, -0.2) is 96.0 Å². The highest BCUT2D eigenvalue weighted by Crippen LogP contribution is 2.53. The van der Waals surface area contributed by atoms with Gasteiger partial charge in [0.25, 0.3) is 0 Å². The van der Waals surface area contributed by atoms with E-state index in [2.05, 4.69) is 40.0 Å². The summed E-state index contributed by atoms with van der Waals surface area (Å²) in [5.74, 6) is -0.451. The van der Waals surface area contributed by atoms with Crippen LogP contribution in [0.4, 0.5) is 5.69 Å². The number of aliphatic hydroxyl groups is 1. The van der Waals surface area contributed by atoms with Crippen LogP contribution in [0.2, 0.25) is 10.2 Å². The second-order valence-electron chi connectivity index (χ2n) is 12.9. The molecule has 2 saturated heterocycles. The number of nitriles is 1. The van der Waals surface area contributed by atoms with Gasteiger partial charge in [0.2, 0.25) is 5.91 Å². The molecule has 1 aromatic heterocycles. The van der Waals surface area contributed by atoms with E-state index in [9.17, 15) is 23.6 Å². The van der Waals surface area contributed by atoms with Crippen molar-refractivity contribution in [3.8, 4) is 6.07 Å². The van der Waals surface area contributed by atoms with Crippen molar-refractivity contribution in [2.75, 3.05) is 37.6 Å². The number of nitrogens with one attached hydrogen (secondary N) is 1. The standard InChI is InChI=1S/C31H38Cl2N6O4S/c1-20(2)37-11-13-38(14-12-37)22-4-5-26(24(32)15-22)44(42,43)23-16-25(28(40)36-30(19-34)7-8-30)39(18-23)29(41)31(9-10-31)21-3-6-27(33)35-17-21/h3-6,15,17,20,23,25,29,41H,7-14,16,18H2,1-2H3,(H,36,40). The van der Waals surface area contributed by atoms with E-state index in [0.717, 1.165) is 37.4 Å². The molecule has 4 fully saturated rings. The normalized spacial score (nSPS) is 25.4. The quantitative estimate of drug-likeness (QED) is 0.389. The molecule has 0 spiro atoms. The Bertz CT molecular complexity index is 1560. The maximum Gasteiger partial charge on any atom is 0.238 e. The van der Waals surface area contributed by atoms with Gasteiger partial charge in [0, 0.05) is 56.1 Å². The Kier molecular flexibility index (Phi) is 8.40. The molecule has 44 heavy (non-hydrogen) atoms. The minimum absolute atomic E-state index is 0.0166. The minimum Gasteiger partial charge on any atom is -0.377 e. The van der Waals surface area contributed by atoms with Crippen LogP contribution in [-0.2, 0) is 20.0 Å². The van der Waals surface area contributed by atoms with Crippen LogP contribution in [0.3, 0.4) is 0 Å². The number of piperazine rings is 1. The van der Waals surface area contributed by atoms with Gasteiger partial charge in [0.15, 0.2) is 9.84 Å². The molecule has 3 atom stereocenters. The van der Waals surface area contributed by atoms with Gasteiger partial charge >= 0.3 is 0 Å². The molecule has 3 heterocycles. The molecule has 4 aliphatic rings. The van der Waals surface area contributed by atoms with Crippen molar-refractivity contribution in [2.45, 2.75) is 85.4 Å². The fraction of sp³-hybridized carbons (Fsp3) is 0.581. The smallest absolute Gasteiger partial charge is 0.238 e. The van der Waals surface area contributed by atoms with Crippen LogP contribution in [0.15, 0.2) is 41.4 Å². The lowest BCUT2D eigenvalue weighted by Crippen LogP contribution is -2.53. The summed E-state index contributed by atoms with van der Waals surface area (Å²) >= 11 is 12.7. The number of pyridine rings is 1. The highest BCUT2D eigenvalue weighted by atomic mass is 35.5. The monoisotopic (exact) mass is 660 g/mol. The summed E-state index contributed by atoms with van der Waals surface area (Å²) < 4.78 is 28.2. The SMILES string of the molecule is CC(C)N1CCN(c2ccc(S(=O)(=O)C3CC(C(=O)NC4(C#N)CC4)N(C(O)C4(c5ccc(Cl)nc5)CC4)C3)c(Cl)c2)CC1. The van der Waals surface area contributed by atoms with Crippen molar-refractivity contribution in [3.63, 3.8) is 0 Å². The van der Waals surface area contributed by atoms with E-state index in [1.807, 2.05) is 6.07 Å². The molecule has 1 amide bonds. The summed E-state index contributed by atoms with van der Waals surface area (Å²) in [4.78, 5) is 24.0. The number of hydrogen-bond donors (Lipinski definition) is 2. The number of anilines is 1. The number of carbonyl (C=O) groups is 1. The molecule has 0 radical (unpaired) electrons. The number of likely N-dealkylation sites (tertiary alicyclic amines) is 1. The second-order valence-corrected chi connectivity index (χ2v) is 15.9. The van der Waals surface area contributed by atoms with Crippen LogP contribution < -0.4 is 10.2 Å². The van der Waals surface area contributed by atoms with Crippen LogP contribution in [0, 0.1) is 11.3 Å². The van der Waals surface area contributed by atoms with E-state index in [4.69, 9.17) is 23.2 Å². The number of aromatic nitrogens is 1. The molecule has 236 valence electrons. The lowest BCUT2D eigenvalue weighted by molar-refractivity contribution is -0.131. The molecule has 10 nitrogen and oxygen atoms in total. The van der Waals surface area contributed by atoms with E-state index in [-0.39, 0.29) is 22.9 Å². The Hall–Kier alpha value is -2.46. The van der Waals surface area contributed by atoms with Gasteiger partial charge in [-0.2, -0.15) is 5.26 Å². The highest BCUT2D eigenvalue weighted by molar-refractivity contribution is 7.92. The molecule has 13 heteroatoms. The third-order valence-electron chi connectivity index (χ3n) is 9.90. The summed E-state index contributed by atoms with van der Waals surface area (Å²) in [6.07, 6.45) is 2.85. The van der Waals surface area contributed by atoms with Gasteiger partial charge in [-0.3, -0.25) is 14.6 Å². The van der Waals surface area contributed by atoms with E-state index in [1.165, 1.54) is 0 Å². The van der Waals surface area contributed by atoms with Gasteiger partial charge in [-0.25, -0.2) is 13.4 Å². The Balaban J connectivity index is 1.25. The van der Waals surface area contributed by atoms with Gasteiger partial charge in [0.1, 0.15) is 16.9 Å². The topological polar surface area (TPSA) is 130 Å². The molecule has 2 aliphatic carbocycles. The van der Waals surface area contributed by atoms with Crippen molar-refractivity contribution in [1.29, 1.82) is 5.26 Å². The van der Waals surface area contributed by atoms with Gasteiger partial charge in [-0.15, -0.1) is 0 Å². The first-order valence-corrected chi connectivity index (χ1v) is 17.5. The molecular weight excluding hydrogens is 623 g/mol. The summed E-state index contributed by atoms with van der Waals surface area (Å²) in [7, 11) is -3.98. The first-order valence-electron chi connectivity index (χ1n) is 15.2. The van der Waals surface area contributed by atoms with Crippen molar-refractivity contribution in [2.24, 2.45) is 0 Å². The second kappa shape index (κ2) is 11.7. The first-order chi connectivity index (χ1) is 20.9. The Morgan fingerprint density at radius 3 is 2.36 bits per heavy atom. The van der Waals surface area contributed by atoms with Crippen molar-refractivity contribution < 1.29 is 18.3 Å². The first kappa shape index (κ1) is 31.5. The Labute approximate surface area is 268 Å². The molecule has 6 rings (SSSR count). The van der Waals surface area contributed by atoms with Crippen LogP contribution in [0.25, 0.3) is 0 Å². The van der Waals surface area contributed by atoms with Gasteiger partial charge < -0.3 is 15.3 Å². The Morgan fingerprint density at radius 2 is 1.82 bits per heavy atom. The van der Waals surface area contributed by atoms with Gasteiger partial charge in [0.05, 0.1) is 27.3 Å². The number of nitrogens with zero attached hydrogens (tertiary/aromatic N) is 5. The van der Waals surface area contributed by atoms with Crippen LogP contribution in [0.1, 0.15) is 51.5 Å². The number of amides is 1. The Morgan fingerprint density at radius 1 is 1.11 bits per heavy atom. The number of halogens is 2. The average molecular weight is 662 g/mol. The molecule has 2 N–H and O–H groups in total. The number of hydrogen-bond acceptors (Lipinski definition) is 9. The number of benzene rings is 1. The van der Waals surface area contributed by atoms with Crippen molar-refractivity contribution in [1.82, 2.24) is 20.1 Å². The van der Waals surface area contributed by atoms with E-state index in [1.54, 1.807) is 35.4 Å². The summed E-state index contributed by atoms with van der Waals surface area (Å²) in [6, 6.07) is 10.2. The molecule has 3 unspecified atom stereocenters. The van der Waals surface area contributed by atoms with Gasteiger partial charge in [-0.05, 0) is 75.8 Å². The molecule has 2 saturated carbocycles. The predicted molar refractivity (Wildman–Crippen MR) is 168 cm³/mol. The summed E-state index contributed by atoms with van der Waals surface area (Å²) in [6.45, 7) is 7.77. The number of rotatable bonds is 9. The van der Waals surface area contributed by atoms with Crippen LogP contribution >= 0.6 is 23.2 Å². The molecule has 1 aromatic carbocycles. The van der Waals surface area contributed by atoms with Crippen molar-refractivity contribution >= 4 is 44.6 Å². The summed E-state index contributed by atoms with van der Waals surface area (Å²) in [5, 5.41) is 23.7. The molecule has 2 aromatic rings. The lowest BCUT2D eigenvalue weighted by atomic mass is 9.94. The fourth-order valence-electron chi connectivity index (χ4n) is 6.69. The molecule has 0 bridgehead atoms. The maximum atomic E-state index is 14.1. The number of sulfone groups is 1. The van der Waals surface area contributed by atoms with E-state index < -0.39 is 44.2 Å². The average Bonchev–Trinajstić information content (AvgIpc) is 3.93. The zero-order chi connectivity index (χ0) is 31.4. The van der Waals surface area contributed by atoms with Crippen LogP contribution in [0.5, 0.6) is 0 Å². The zero-order valence-corrected chi connectivity index (χ0v) is 27.2. The summed E-state index contributed by atoms with van der Waals surface area (Å²) in [5.41, 5.74) is 0.0297. The molecule has 2 aliphatic heterocycles. The molecular formula is C31H38Cl2N6O4S. The largest absolute Gasteiger partial charge is 0.377 e. The van der Waals surface area contributed by atoms with Gasteiger partial charge in [-0.1, -0.05) is 29.3 Å². The fourth-order valence-corrected chi connectivity index (χ4v) is 9.06. The van der Waals surface area contributed by atoms with Crippen molar-refractivity contribution in [3.05, 3.63) is 52.3 Å². The third kappa shape index (κ3) is 5.81. The zero-order valence-electron chi connectivity index (χ0n) is 24.9. The lowest BCUT2D eigenvalue weighted by Gasteiger charge is -2.38. The number of aliphatic hydroxyl groups excluding tert-OH is 1.